The molecule has 0 saturated carbocycles. The number of aromatic nitrogens is 4. The van der Waals surface area contributed by atoms with Crippen LogP contribution in [0.25, 0.3) is 5.69 Å². The molecule has 0 aliphatic carbocycles. The predicted octanol–water partition coefficient (Wildman–Crippen LogP) is 2.69. The van der Waals surface area contributed by atoms with Gasteiger partial charge in [0, 0.05) is 0 Å². The first-order valence-electron chi connectivity index (χ1n) is 5.43. The van der Waals surface area contributed by atoms with Gasteiger partial charge in [0.15, 0.2) is 6.29 Å². The third-order valence-corrected chi connectivity index (χ3v) is 4.43. The third-order valence-electron chi connectivity index (χ3n) is 2.35. The lowest BCUT2D eigenvalue weighted by Gasteiger charge is -2.01. The number of carbonyl (C=O) groups is 1. The fraction of sp³-hybridized carbons (Fsp3) is 0. The number of hydrogen-bond acceptors (Lipinski definition) is 6. The smallest absolute Gasteiger partial charge is 0.219 e. The number of thiophene rings is 1. The second-order valence-electron chi connectivity index (χ2n) is 3.59. The predicted molar refractivity (Wildman–Crippen MR) is 73.0 cm³/mol. The lowest BCUT2D eigenvalue weighted by molar-refractivity contribution is 0.112. The van der Waals surface area contributed by atoms with Gasteiger partial charge in [-0.3, -0.25) is 4.79 Å². The molecule has 0 bridgehead atoms. The maximum absolute atomic E-state index is 10.7. The van der Waals surface area contributed by atoms with Gasteiger partial charge in [-0.25, -0.2) is 0 Å². The van der Waals surface area contributed by atoms with Crippen molar-refractivity contribution in [3.8, 4) is 5.69 Å². The fourth-order valence-corrected chi connectivity index (χ4v) is 3.37. The molecule has 0 saturated heterocycles. The Morgan fingerprint density at radius 1 is 1.16 bits per heavy atom. The number of carbonyl (C=O) groups excluding carboxylic acids is 1. The van der Waals surface area contributed by atoms with Crippen LogP contribution in [0.2, 0.25) is 0 Å². The number of para-hydroxylation sites is 1. The molecular weight excluding hydrogens is 280 g/mol. The van der Waals surface area contributed by atoms with Crippen molar-refractivity contribution in [2.24, 2.45) is 0 Å². The number of aldehydes is 1. The molecule has 0 aliphatic rings. The molecule has 0 atom stereocenters. The van der Waals surface area contributed by atoms with Crippen LogP contribution >= 0.6 is 23.1 Å². The minimum atomic E-state index is 0.672. The van der Waals surface area contributed by atoms with E-state index in [2.05, 4.69) is 15.5 Å². The first-order valence-corrected chi connectivity index (χ1v) is 7.07. The number of benzene rings is 1. The zero-order chi connectivity index (χ0) is 13.1. The highest BCUT2D eigenvalue weighted by Crippen LogP contribution is 2.32. The van der Waals surface area contributed by atoms with Crippen LogP contribution in [0.1, 0.15) is 9.67 Å². The molecule has 0 amide bonds. The Labute approximate surface area is 117 Å². The second kappa shape index (κ2) is 5.33. The van der Waals surface area contributed by atoms with E-state index in [0.29, 0.717) is 10.0 Å². The van der Waals surface area contributed by atoms with Gasteiger partial charge in [-0.2, -0.15) is 4.68 Å². The van der Waals surface area contributed by atoms with Crippen molar-refractivity contribution in [3.05, 3.63) is 47.3 Å². The van der Waals surface area contributed by atoms with Gasteiger partial charge < -0.3 is 0 Å². The Morgan fingerprint density at radius 3 is 2.74 bits per heavy atom. The van der Waals surface area contributed by atoms with Crippen LogP contribution in [0.15, 0.2) is 51.8 Å². The molecule has 19 heavy (non-hydrogen) atoms. The first-order chi connectivity index (χ1) is 9.36. The molecule has 0 unspecified atom stereocenters. The number of hydrogen-bond donors (Lipinski definition) is 0. The summed E-state index contributed by atoms with van der Waals surface area (Å²) in [6.07, 6.45) is 0.842. The lowest BCUT2D eigenvalue weighted by atomic mass is 10.3. The highest BCUT2D eigenvalue weighted by atomic mass is 32.2. The van der Waals surface area contributed by atoms with Gasteiger partial charge in [-0.1, -0.05) is 18.2 Å². The van der Waals surface area contributed by atoms with E-state index in [9.17, 15) is 4.79 Å². The summed E-state index contributed by atoms with van der Waals surface area (Å²) < 4.78 is 2.65. The van der Waals surface area contributed by atoms with Gasteiger partial charge >= 0.3 is 0 Å². The molecule has 1 aromatic carbocycles. The molecular formula is C12H8N4OS2. The number of tetrazole rings is 1. The van der Waals surface area contributed by atoms with E-state index in [1.807, 2.05) is 36.4 Å². The Balaban J connectivity index is 1.90. The molecule has 0 aliphatic heterocycles. The molecule has 2 aromatic heterocycles. The van der Waals surface area contributed by atoms with Gasteiger partial charge in [0.25, 0.3) is 0 Å². The van der Waals surface area contributed by atoms with Crippen LogP contribution < -0.4 is 0 Å². The van der Waals surface area contributed by atoms with E-state index in [1.165, 1.54) is 23.1 Å². The minimum Gasteiger partial charge on any atom is -0.297 e. The van der Waals surface area contributed by atoms with Crippen molar-refractivity contribution in [1.82, 2.24) is 20.2 Å². The van der Waals surface area contributed by atoms with E-state index in [1.54, 1.807) is 10.7 Å². The summed E-state index contributed by atoms with van der Waals surface area (Å²) >= 11 is 2.86. The molecule has 0 radical (unpaired) electrons. The van der Waals surface area contributed by atoms with Crippen molar-refractivity contribution < 1.29 is 4.79 Å². The number of rotatable bonds is 4. The molecule has 7 heteroatoms. The van der Waals surface area contributed by atoms with Crippen molar-refractivity contribution >= 4 is 29.4 Å². The first kappa shape index (κ1) is 12.1. The average Bonchev–Trinajstić information content (AvgIpc) is 3.09. The Hall–Kier alpha value is -1.99. The average molecular weight is 288 g/mol. The second-order valence-corrected chi connectivity index (χ2v) is 5.97. The van der Waals surface area contributed by atoms with Crippen LogP contribution in [0, 0.1) is 0 Å². The summed E-state index contributed by atoms with van der Waals surface area (Å²) in [5.74, 6) is 0. The Kier molecular flexibility index (Phi) is 3.39. The zero-order valence-electron chi connectivity index (χ0n) is 9.63. The summed E-state index contributed by atoms with van der Waals surface area (Å²) in [5.41, 5.74) is 0.905. The highest BCUT2D eigenvalue weighted by Gasteiger charge is 2.11. The largest absolute Gasteiger partial charge is 0.297 e. The molecule has 5 nitrogen and oxygen atoms in total. The van der Waals surface area contributed by atoms with Crippen molar-refractivity contribution in [2.75, 3.05) is 0 Å². The van der Waals surface area contributed by atoms with Crippen LogP contribution in [0.5, 0.6) is 0 Å². The van der Waals surface area contributed by atoms with Gasteiger partial charge in [-0.15, -0.1) is 16.4 Å². The minimum absolute atomic E-state index is 0.672. The standard InChI is InChI=1S/C12H8N4OS2/c17-8-10-6-7-11(18-10)19-12-13-14-15-16(12)9-4-2-1-3-5-9/h1-8H. The van der Waals surface area contributed by atoms with Gasteiger partial charge in [0.1, 0.15) is 0 Å². The molecule has 2 heterocycles. The van der Waals surface area contributed by atoms with Crippen LogP contribution in [0.3, 0.4) is 0 Å². The summed E-state index contributed by atoms with van der Waals surface area (Å²) in [4.78, 5) is 11.4. The summed E-state index contributed by atoms with van der Waals surface area (Å²) in [6.45, 7) is 0. The molecule has 3 aromatic rings. The van der Waals surface area contributed by atoms with E-state index in [-0.39, 0.29) is 0 Å². The van der Waals surface area contributed by atoms with Crippen molar-refractivity contribution in [1.29, 1.82) is 0 Å². The topological polar surface area (TPSA) is 60.7 Å². The quantitative estimate of drug-likeness (QED) is 0.691. The van der Waals surface area contributed by atoms with Gasteiger partial charge in [-0.05, 0) is 46.5 Å². The maximum atomic E-state index is 10.7. The Morgan fingerprint density at radius 2 is 2.00 bits per heavy atom. The van der Waals surface area contributed by atoms with Gasteiger partial charge in [0.05, 0.1) is 14.8 Å². The molecule has 3 rings (SSSR count). The van der Waals surface area contributed by atoms with Crippen LogP contribution in [0.4, 0.5) is 0 Å². The van der Waals surface area contributed by atoms with Gasteiger partial charge in [0.2, 0.25) is 5.16 Å². The third kappa shape index (κ3) is 2.56. The van der Waals surface area contributed by atoms with Crippen molar-refractivity contribution in [2.45, 2.75) is 9.37 Å². The molecule has 94 valence electrons. The van der Waals surface area contributed by atoms with E-state index in [0.717, 1.165) is 16.2 Å². The van der Waals surface area contributed by atoms with Crippen LogP contribution in [-0.4, -0.2) is 26.5 Å². The summed E-state index contributed by atoms with van der Waals surface area (Å²) in [7, 11) is 0. The van der Waals surface area contributed by atoms with E-state index < -0.39 is 0 Å². The summed E-state index contributed by atoms with van der Waals surface area (Å²) in [6, 6.07) is 13.4. The molecule has 0 N–H and O–H groups in total. The zero-order valence-corrected chi connectivity index (χ0v) is 11.3. The maximum Gasteiger partial charge on any atom is 0.219 e. The number of nitrogens with zero attached hydrogens (tertiary/aromatic N) is 4. The SMILES string of the molecule is O=Cc1ccc(Sc2nnnn2-c2ccccc2)s1. The Bertz CT molecular complexity index is 693. The van der Waals surface area contributed by atoms with Crippen molar-refractivity contribution in [3.63, 3.8) is 0 Å². The highest BCUT2D eigenvalue weighted by molar-refractivity contribution is 8.01. The van der Waals surface area contributed by atoms with E-state index >= 15 is 0 Å². The molecule has 0 fully saturated rings. The molecule has 0 spiro atoms. The van der Waals surface area contributed by atoms with Crippen LogP contribution in [-0.2, 0) is 0 Å². The monoisotopic (exact) mass is 288 g/mol. The summed E-state index contributed by atoms with van der Waals surface area (Å²) in [5, 5.41) is 12.4. The van der Waals surface area contributed by atoms with E-state index in [4.69, 9.17) is 0 Å². The fourth-order valence-electron chi connectivity index (χ4n) is 1.52. The normalized spacial score (nSPS) is 10.5. The lowest BCUT2D eigenvalue weighted by Crippen LogP contribution is -1.97.